The molecule has 0 unspecified atom stereocenters. The first-order valence-electron chi connectivity index (χ1n) is 9.50. The maximum Gasteiger partial charge on any atom is 0.274 e. The Morgan fingerprint density at radius 1 is 1.10 bits per heavy atom. The molecule has 1 aromatic carbocycles. The minimum atomic E-state index is -0.478. The van der Waals surface area contributed by atoms with E-state index in [0.717, 1.165) is 17.4 Å². The smallest absolute Gasteiger partial charge is 0.274 e. The summed E-state index contributed by atoms with van der Waals surface area (Å²) in [5.74, 6) is -0.821. The largest absolute Gasteiger partial charge is 0.379 e. The van der Waals surface area contributed by atoms with E-state index < -0.39 is 5.82 Å². The molecule has 2 aromatic heterocycles. The average Bonchev–Trinajstić information content (AvgIpc) is 2.86. The predicted octanol–water partition coefficient (Wildman–Crippen LogP) is 5.02. The fourth-order valence-electron chi connectivity index (χ4n) is 3.57. The molecule has 1 amide bonds. The molecule has 148 valence electrons. The van der Waals surface area contributed by atoms with Crippen LogP contribution in [0.25, 0.3) is 11.3 Å². The summed E-state index contributed by atoms with van der Waals surface area (Å²) in [7, 11) is 0. The highest BCUT2D eigenvalue weighted by Gasteiger charge is 2.45. The summed E-state index contributed by atoms with van der Waals surface area (Å²) >= 11 is 0. The molecular formula is C23H23FN4O. The molecule has 0 radical (unpaired) electrons. The van der Waals surface area contributed by atoms with Crippen LogP contribution in [0.4, 0.5) is 15.8 Å². The molecule has 0 aliphatic carbocycles. The lowest BCUT2D eigenvalue weighted by atomic mass is 9.73. The Kier molecular flexibility index (Phi) is 4.37. The zero-order valence-corrected chi connectivity index (χ0v) is 16.9. The number of fused-ring (bicyclic) bond motifs is 1. The number of pyridine rings is 2. The normalized spacial score (nSPS) is 16.0. The van der Waals surface area contributed by atoms with Crippen LogP contribution in [-0.4, -0.2) is 21.4 Å². The van der Waals surface area contributed by atoms with Crippen molar-refractivity contribution in [1.29, 1.82) is 0 Å². The maximum atomic E-state index is 14.0. The van der Waals surface area contributed by atoms with Crippen LogP contribution in [0.1, 0.15) is 43.7 Å². The van der Waals surface area contributed by atoms with Crippen LogP contribution in [-0.2, 0) is 5.41 Å². The second-order valence-electron chi connectivity index (χ2n) is 8.35. The number of carbonyl (C=O) groups is 1. The number of nitrogens with zero attached hydrogens (tertiary/aromatic N) is 2. The van der Waals surface area contributed by atoms with Gasteiger partial charge in [-0.2, -0.15) is 0 Å². The van der Waals surface area contributed by atoms with Crippen LogP contribution in [0.15, 0.2) is 54.9 Å². The van der Waals surface area contributed by atoms with E-state index in [2.05, 4.69) is 48.3 Å². The topological polar surface area (TPSA) is 66.9 Å². The number of rotatable bonds is 3. The minimum Gasteiger partial charge on any atom is -0.379 e. The molecule has 3 heterocycles. The Labute approximate surface area is 169 Å². The summed E-state index contributed by atoms with van der Waals surface area (Å²) in [6, 6.07) is 12.4. The van der Waals surface area contributed by atoms with Gasteiger partial charge in [-0.1, -0.05) is 19.9 Å². The zero-order chi connectivity index (χ0) is 20.8. The van der Waals surface area contributed by atoms with Gasteiger partial charge in [0.25, 0.3) is 5.91 Å². The summed E-state index contributed by atoms with van der Waals surface area (Å²) in [5.41, 5.74) is 3.65. The van der Waals surface area contributed by atoms with Crippen molar-refractivity contribution in [1.82, 2.24) is 9.97 Å². The van der Waals surface area contributed by atoms with Crippen molar-refractivity contribution in [3.05, 3.63) is 71.9 Å². The Hall–Kier alpha value is -3.28. The first kappa shape index (κ1) is 19.1. The van der Waals surface area contributed by atoms with Crippen LogP contribution in [0.5, 0.6) is 0 Å². The van der Waals surface area contributed by atoms with E-state index >= 15 is 0 Å². The van der Waals surface area contributed by atoms with E-state index in [4.69, 9.17) is 0 Å². The number of anilines is 2. The van der Waals surface area contributed by atoms with Crippen LogP contribution in [0.3, 0.4) is 0 Å². The SMILES string of the molecule is CC1(C)Nc2ccc(NC(=O)c3cccc(-c4ccncc4F)n3)cc2C1(C)C. The summed E-state index contributed by atoms with van der Waals surface area (Å²) in [6.45, 7) is 8.70. The molecule has 4 rings (SSSR count). The van der Waals surface area contributed by atoms with Crippen molar-refractivity contribution in [2.75, 3.05) is 10.6 Å². The lowest BCUT2D eigenvalue weighted by molar-refractivity contribution is 0.102. The zero-order valence-electron chi connectivity index (χ0n) is 16.9. The van der Waals surface area contributed by atoms with Gasteiger partial charge in [0.1, 0.15) is 5.69 Å². The number of carbonyl (C=O) groups excluding carboxylic acids is 1. The quantitative estimate of drug-likeness (QED) is 0.659. The van der Waals surface area contributed by atoms with Gasteiger partial charge in [0.2, 0.25) is 0 Å². The second-order valence-corrected chi connectivity index (χ2v) is 8.35. The average molecular weight is 390 g/mol. The van der Waals surface area contributed by atoms with E-state index in [-0.39, 0.29) is 22.6 Å². The van der Waals surface area contributed by atoms with E-state index in [1.165, 1.54) is 12.3 Å². The highest BCUT2D eigenvalue weighted by Crippen LogP contribution is 2.47. The third-order valence-electron chi connectivity index (χ3n) is 5.99. The van der Waals surface area contributed by atoms with E-state index in [9.17, 15) is 9.18 Å². The number of halogens is 1. The van der Waals surface area contributed by atoms with Crippen molar-refractivity contribution in [2.45, 2.75) is 38.6 Å². The molecule has 6 heteroatoms. The molecule has 0 fully saturated rings. The summed E-state index contributed by atoms with van der Waals surface area (Å²) in [4.78, 5) is 20.9. The number of benzene rings is 1. The van der Waals surface area contributed by atoms with Gasteiger partial charge in [-0.05, 0) is 55.8 Å². The van der Waals surface area contributed by atoms with Crippen molar-refractivity contribution in [3.63, 3.8) is 0 Å². The number of amides is 1. The van der Waals surface area contributed by atoms with Gasteiger partial charge in [0.05, 0.1) is 11.9 Å². The Morgan fingerprint density at radius 3 is 2.66 bits per heavy atom. The van der Waals surface area contributed by atoms with Crippen LogP contribution in [0.2, 0.25) is 0 Å². The van der Waals surface area contributed by atoms with E-state index in [0.29, 0.717) is 16.9 Å². The summed E-state index contributed by atoms with van der Waals surface area (Å²) in [6.07, 6.45) is 2.63. The molecule has 5 nitrogen and oxygen atoms in total. The Balaban J connectivity index is 1.61. The Bertz CT molecular complexity index is 1110. The molecule has 3 aromatic rings. The van der Waals surface area contributed by atoms with Gasteiger partial charge in [0.15, 0.2) is 5.82 Å². The molecule has 1 aliphatic rings. The molecule has 0 atom stereocenters. The standard InChI is InChI=1S/C23H23FN4O/c1-22(2)16-12-14(8-9-19(16)28-23(22,3)4)26-21(29)20-7-5-6-18(27-20)15-10-11-25-13-17(15)24/h5-13,28H,1-4H3,(H,26,29). The number of aromatic nitrogens is 2. The highest BCUT2D eigenvalue weighted by atomic mass is 19.1. The van der Waals surface area contributed by atoms with Gasteiger partial charge in [-0.3, -0.25) is 9.78 Å². The monoisotopic (exact) mass is 390 g/mol. The molecule has 2 N–H and O–H groups in total. The fraction of sp³-hybridized carbons (Fsp3) is 0.261. The first-order valence-corrected chi connectivity index (χ1v) is 9.50. The van der Waals surface area contributed by atoms with Gasteiger partial charge < -0.3 is 10.6 Å². The molecule has 0 spiro atoms. The van der Waals surface area contributed by atoms with E-state index in [1.807, 2.05) is 18.2 Å². The molecule has 0 bridgehead atoms. The summed E-state index contributed by atoms with van der Waals surface area (Å²) < 4.78 is 14.0. The minimum absolute atomic E-state index is 0.0948. The van der Waals surface area contributed by atoms with Gasteiger partial charge in [-0.25, -0.2) is 9.37 Å². The molecule has 1 aliphatic heterocycles. The maximum absolute atomic E-state index is 14.0. The van der Waals surface area contributed by atoms with Gasteiger partial charge in [-0.15, -0.1) is 0 Å². The van der Waals surface area contributed by atoms with Crippen LogP contribution >= 0.6 is 0 Å². The molecule has 0 saturated carbocycles. The first-order chi connectivity index (χ1) is 13.7. The van der Waals surface area contributed by atoms with Crippen molar-refractivity contribution >= 4 is 17.3 Å². The lowest BCUT2D eigenvalue weighted by Gasteiger charge is -2.35. The number of hydrogen-bond donors (Lipinski definition) is 2. The number of hydrogen-bond acceptors (Lipinski definition) is 4. The molecular weight excluding hydrogens is 367 g/mol. The second kappa shape index (κ2) is 6.65. The lowest BCUT2D eigenvalue weighted by Crippen LogP contribution is -2.43. The number of nitrogens with one attached hydrogen (secondary N) is 2. The molecule has 29 heavy (non-hydrogen) atoms. The summed E-state index contributed by atoms with van der Waals surface area (Å²) in [5, 5.41) is 6.45. The van der Waals surface area contributed by atoms with E-state index in [1.54, 1.807) is 18.2 Å². The van der Waals surface area contributed by atoms with Crippen LogP contribution < -0.4 is 10.6 Å². The van der Waals surface area contributed by atoms with Crippen molar-refractivity contribution in [2.24, 2.45) is 0 Å². The third kappa shape index (κ3) is 3.24. The van der Waals surface area contributed by atoms with Crippen molar-refractivity contribution < 1.29 is 9.18 Å². The third-order valence-corrected chi connectivity index (χ3v) is 5.99. The highest BCUT2D eigenvalue weighted by molar-refractivity contribution is 6.03. The van der Waals surface area contributed by atoms with Gasteiger partial charge in [0, 0.05) is 34.1 Å². The van der Waals surface area contributed by atoms with Gasteiger partial charge >= 0.3 is 0 Å². The predicted molar refractivity (Wildman–Crippen MR) is 113 cm³/mol. The van der Waals surface area contributed by atoms with Crippen molar-refractivity contribution in [3.8, 4) is 11.3 Å². The molecule has 0 saturated heterocycles. The van der Waals surface area contributed by atoms with Crippen LogP contribution in [0, 0.1) is 5.82 Å². The Morgan fingerprint density at radius 2 is 1.90 bits per heavy atom. The fourth-order valence-corrected chi connectivity index (χ4v) is 3.57.